The second-order valence-corrected chi connectivity index (χ2v) is 8.51. The normalized spacial score (nSPS) is 10.8. The number of alkyl carbamates (subject to hydrolysis) is 1. The van der Waals surface area contributed by atoms with Gasteiger partial charge in [0.15, 0.2) is 11.4 Å². The number of rotatable bonds is 5. The molecule has 2 aromatic carbocycles. The van der Waals surface area contributed by atoms with Gasteiger partial charge in [-0.25, -0.2) is 14.6 Å². The number of carbonyl (C=O) groups excluding carboxylic acids is 1. The fourth-order valence-electron chi connectivity index (χ4n) is 3.14. The molecule has 0 aliphatic carbocycles. The predicted molar refractivity (Wildman–Crippen MR) is 127 cm³/mol. The quantitative estimate of drug-likeness (QED) is 0.481. The maximum absolute atomic E-state index is 11.8. The molecule has 0 unspecified atom stereocenters. The summed E-state index contributed by atoms with van der Waals surface area (Å²) in [6.07, 6.45) is -0.589. The van der Waals surface area contributed by atoms with Gasteiger partial charge in [0.05, 0.1) is 12.1 Å². The molecule has 176 valence electrons. The highest BCUT2D eigenvalue weighted by atomic mass is 16.6. The van der Waals surface area contributed by atoms with Crippen LogP contribution < -0.4 is 10.1 Å². The van der Waals surface area contributed by atoms with Crippen LogP contribution in [0.15, 0.2) is 42.5 Å². The molecule has 1 amide bonds. The van der Waals surface area contributed by atoms with Gasteiger partial charge in [-0.1, -0.05) is 42.2 Å². The number of hydrogen-bond acceptors (Lipinski definition) is 6. The van der Waals surface area contributed by atoms with Crippen LogP contribution in [0.5, 0.6) is 11.5 Å². The molecule has 0 saturated heterocycles. The van der Waals surface area contributed by atoms with Gasteiger partial charge in [0, 0.05) is 10.9 Å². The molecule has 8 heteroatoms. The van der Waals surface area contributed by atoms with E-state index in [1.165, 1.54) is 6.92 Å². The molecule has 0 spiro atoms. The molecule has 3 N–H and O–H groups in total. The van der Waals surface area contributed by atoms with E-state index in [4.69, 9.17) is 9.47 Å². The summed E-state index contributed by atoms with van der Waals surface area (Å²) in [5, 5.41) is 23.0. The van der Waals surface area contributed by atoms with Crippen molar-refractivity contribution in [3.8, 4) is 23.3 Å². The lowest BCUT2D eigenvalue weighted by Gasteiger charge is -2.19. The molecule has 0 aliphatic heterocycles. The molecule has 1 aromatic heterocycles. The van der Waals surface area contributed by atoms with Crippen LogP contribution in [0.1, 0.15) is 48.0 Å². The topological polar surface area (TPSA) is 118 Å². The molecule has 34 heavy (non-hydrogen) atoms. The maximum atomic E-state index is 11.8. The second kappa shape index (κ2) is 10.1. The van der Waals surface area contributed by atoms with Crippen LogP contribution in [0.2, 0.25) is 0 Å². The smallest absolute Gasteiger partial charge is 0.408 e. The minimum absolute atomic E-state index is 0.0258. The molecule has 0 radical (unpaired) electrons. The SMILES string of the molecule is Cc1c(C(=O)O)nc2c(OCc3ccccc3)c(C#CCNC(=O)OC(C)(C)C)ccc2c1O. The Morgan fingerprint density at radius 1 is 1.12 bits per heavy atom. The molecule has 3 rings (SSSR count). The van der Waals surface area contributed by atoms with Gasteiger partial charge in [0.25, 0.3) is 0 Å². The van der Waals surface area contributed by atoms with Crippen molar-refractivity contribution in [1.29, 1.82) is 0 Å². The van der Waals surface area contributed by atoms with Gasteiger partial charge in [0.2, 0.25) is 0 Å². The van der Waals surface area contributed by atoms with Crippen molar-refractivity contribution in [2.24, 2.45) is 0 Å². The lowest BCUT2D eigenvalue weighted by molar-refractivity contribution is 0.0534. The molecule has 0 fully saturated rings. The van der Waals surface area contributed by atoms with E-state index in [1.807, 2.05) is 30.3 Å². The van der Waals surface area contributed by atoms with Crippen LogP contribution in [-0.4, -0.2) is 39.4 Å². The summed E-state index contributed by atoms with van der Waals surface area (Å²) in [7, 11) is 0. The number of carbonyl (C=O) groups is 2. The molecular weight excluding hydrogens is 436 g/mol. The molecular formula is C26H26N2O6. The average molecular weight is 463 g/mol. The van der Waals surface area contributed by atoms with Gasteiger partial charge >= 0.3 is 12.1 Å². The maximum Gasteiger partial charge on any atom is 0.408 e. The van der Waals surface area contributed by atoms with Crippen molar-refractivity contribution in [3.63, 3.8) is 0 Å². The minimum Gasteiger partial charge on any atom is -0.507 e. The summed E-state index contributed by atoms with van der Waals surface area (Å²) in [6.45, 7) is 6.99. The van der Waals surface area contributed by atoms with E-state index >= 15 is 0 Å². The van der Waals surface area contributed by atoms with Crippen LogP contribution in [0.3, 0.4) is 0 Å². The summed E-state index contributed by atoms with van der Waals surface area (Å²) in [6, 6.07) is 12.7. The van der Waals surface area contributed by atoms with Gasteiger partial charge in [0.1, 0.15) is 23.5 Å². The first-order chi connectivity index (χ1) is 16.1. The van der Waals surface area contributed by atoms with Crippen molar-refractivity contribution in [3.05, 3.63) is 64.8 Å². The zero-order valence-corrected chi connectivity index (χ0v) is 19.4. The fraction of sp³-hybridized carbons (Fsp3) is 0.269. The third-order valence-corrected chi connectivity index (χ3v) is 4.69. The number of aromatic nitrogens is 1. The Morgan fingerprint density at radius 3 is 2.47 bits per heavy atom. The zero-order valence-electron chi connectivity index (χ0n) is 19.4. The number of pyridine rings is 1. The molecule has 8 nitrogen and oxygen atoms in total. The van der Waals surface area contributed by atoms with Crippen LogP contribution in [0, 0.1) is 18.8 Å². The van der Waals surface area contributed by atoms with Crippen molar-refractivity contribution in [1.82, 2.24) is 10.3 Å². The summed E-state index contributed by atoms with van der Waals surface area (Å²) in [5.74, 6) is 4.56. The van der Waals surface area contributed by atoms with Crippen molar-refractivity contribution in [2.45, 2.75) is 39.9 Å². The van der Waals surface area contributed by atoms with E-state index in [0.29, 0.717) is 10.9 Å². The molecule has 0 aliphatic rings. The Kier molecular flexibility index (Phi) is 7.27. The highest BCUT2D eigenvalue weighted by Crippen LogP contribution is 2.36. The Balaban J connectivity index is 1.99. The van der Waals surface area contributed by atoms with Gasteiger partial charge in [-0.15, -0.1) is 0 Å². The fourth-order valence-corrected chi connectivity index (χ4v) is 3.14. The summed E-state index contributed by atoms with van der Waals surface area (Å²) in [4.78, 5) is 27.8. The first-order valence-corrected chi connectivity index (χ1v) is 10.6. The first-order valence-electron chi connectivity index (χ1n) is 10.6. The van der Waals surface area contributed by atoms with Gasteiger partial charge < -0.3 is 25.0 Å². The Morgan fingerprint density at radius 2 is 1.82 bits per heavy atom. The number of nitrogens with one attached hydrogen (secondary N) is 1. The van der Waals surface area contributed by atoms with Crippen LogP contribution in [-0.2, 0) is 11.3 Å². The lowest BCUT2D eigenvalue weighted by atomic mass is 10.0. The highest BCUT2D eigenvalue weighted by Gasteiger charge is 2.20. The van der Waals surface area contributed by atoms with Crippen molar-refractivity contribution < 1.29 is 29.3 Å². The standard InChI is InChI=1S/C26H26N2O6/c1-16-20(24(30)31)28-21-19(22(16)29)13-12-18(11-8-14-27-25(32)34-26(2,3)4)23(21)33-15-17-9-6-5-7-10-17/h5-7,9-10,12-13H,14-15H2,1-4H3,(H,27,32)(H,28,29)(H,30,31). The van der Waals surface area contributed by atoms with E-state index in [2.05, 4.69) is 22.1 Å². The predicted octanol–water partition coefficient (Wildman–Crippen LogP) is 4.40. The lowest BCUT2D eigenvalue weighted by Crippen LogP contribution is -2.32. The Hall–Kier alpha value is -4.25. The van der Waals surface area contributed by atoms with Crippen LogP contribution >= 0.6 is 0 Å². The highest BCUT2D eigenvalue weighted by molar-refractivity contribution is 5.98. The van der Waals surface area contributed by atoms with E-state index in [1.54, 1.807) is 32.9 Å². The first kappa shape index (κ1) is 24.4. The number of hydrogen-bond donors (Lipinski definition) is 3. The van der Waals surface area contributed by atoms with Gasteiger partial charge in [-0.2, -0.15) is 0 Å². The van der Waals surface area contributed by atoms with Crippen LogP contribution in [0.25, 0.3) is 10.9 Å². The molecule has 0 saturated carbocycles. The Labute approximate surface area is 197 Å². The van der Waals surface area contributed by atoms with Crippen LogP contribution in [0.4, 0.5) is 4.79 Å². The molecule has 0 bridgehead atoms. The summed E-state index contributed by atoms with van der Waals surface area (Å²) < 4.78 is 11.2. The van der Waals surface area contributed by atoms with E-state index in [-0.39, 0.29) is 41.4 Å². The molecule has 1 heterocycles. The summed E-state index contributed by atoms with van der Waals surface area (Å²) >= 11 is 0. The van der Waals surface area contributed by atoms with E-state index in [0.717, 1.165) is 5.56 Å². The number of nitrogens with zero attached hydrogens (tertiary/aromatic N) is 1. The number of aromatic hydroxyl groups is 1. The van der Waals surface area contributed by atoms with Gasteiger partial charge in [-0.05, 0) is 45.4 Å². The van der Waals surface area contributed by atoms with E-state index < -0.39 is 17.7 Å². The zero-order chi connectivity index (χ0) is 24.9. The monoisotopic (exact) mass is 462 g/mol. The number of fused-ring (bicyclic) bond motifs is 1. The number of carboxylic acid groups (broad SMARTS) is 1. The number of carboxylic acids is 1. The largest absolute Gasteiger partial charge is 0.507 e. The number of aromatic carboxylic acids is 1. The molecule has 0 atom stereocenters. The number of amides is 1. The minimum atomic E-state index is -1.26. The third kappa shape index (κ3) is 5.95. The number of ether oxygens (including phenoxy) is 2. The second-order valence-electron chi connectivity index (χ2n) is 8.51. The van der Waals surface area contributed by atoms with Crippen molar-refractivity contribution >= 4 is 23.0 Å². The Bertz CT molecular complexity index is 1280. The average Bonchev–Trinajstić information content (AvgIpc) is 2.77. The van der Waals surface area contributed by atoms with E-state index in [9.17, 15) is 19.8 Å². The van der Waals surface area contributed by atoms with Gasteiger partial charge in [-0.3, -0.25) is 0 Å². The third-order valence-electron chi connectivity index (χ3n) is 4.69. The molecule has 3 aromatic rings. The summed E-state index contributed by atoms with van der Waals surface area (Å²) in [5.41, 5.74) is 0.771. The number of benzene rings is 2. The van der Waals surface area contributed by atoms with Crippen molar-refractivity contribution in [2.75, 3.05) is 6.54 Å².